The SMILES string of the molecule is O=C(O)CNC(=O)C1=NC=C2C=CN=C2C1O. The molecule has 2 heterocycles. The third-order valence-corrected chi connectivity index (χ3v) is 2.26. The zero-order chi connectivity index (χ0) is 12.4. The highest BCUT2D eigenvalue weighted by atomic mass is 16.4. The van der Waals surface area contributed by atoms with E-state index in [0.717, 1.165) is 0 Å². The largest absolute Gasteiger partial charge is 0.480 e. The summed E-state index contributed by atoms with van der Waals surface area (Å²) in [6, 6.07) is 0. The minimum Gasteiger partial charge on any atom is -0.480 e. The van der Waals surface area contributed by atoms with Crippen molar-refractivity contribution >= 4 is 23.3 Å². The number of hydrogen-bond acceptors (Lipinski definition) is 5. The second-order valence-corrected chi connectivity index (χ2v) is 3.41. The molecule has 0 aromatic rings. The van der Waals surface area contributed by atoms with Gasteiger partial charge >= 0.3 is 5.97 Å². The van der Waals surface area contributed by atoms with Crippen LogP contribution in [0.4, 0.5) is 0 Å². The number of amides is 1. The van der Waals surface area contributed by atoms with Gasteiger partial charge in [-0.3, -0.25) is 19.6 Å². The number of allylic oxidation sites excluding steroid dienone is 1. The van der Waals surface area contributed by atoms with Crippen LogP contribution in [0.5, 0.6) is 0 Å². The quantitative estimate of drug-likeness (QED) is 0.573. The number of carbonyl (C=O) groups excluding carboxylic acids is 1. The van der Waals surface area contributed by atoms with Gasteiger partial charge in [-0.25, -0.2) is 0 Å². The first kappa shape index (κ1) is 11.2. The number of carboxylic acid groups (broad SMARTS) is 1. The van der Waals surface area contributed by atoms with Crippen LogP contribution in [-0.2, 0) is 9.59 Å². The molecule has 0 radical (unpaired) electrons. The second-order valence-electron chi connectivity index (χ2n) is 3.41. The summed E-state index contributed by atoms with van der Waals surface area (Å²) in [4.78, 5) is 29.5. The summed E-state index contributed by atoms with van der Waals surface area (Å²) >= 11 is 0. The maximum Gasteiger partial charge on any atom is 0.322 e. The summed E-state index contributed by atoms with van der Waals surface area (Å²) < 4.78 is 0. The van der Waals surface area contributed by atoms with Gasteiger partial charge < -0.3 is 15.5 Å². The summed E-state index contributed by atoms with van der Waals surface area (Å²) in [7, 11) is 0. The lowest BCUT2D eigenvalue weighted by Gasteiger charge is -2.17. The van der Waals surface area contributed by atoms with Crippen LogP contribution in [0, 0.1) is 0 Å². The highest BCUT2D eigenvalue weighted by molar-refractivity contribution is 6.47. The van der Waals surface area contributed by atoms with E-state index >= 15 is 0 Å². The van der Waals surface area contributed by atoms with E-state index in [2.05, 4.69) is 15.3 Å². The fourth-order valence-corrected chi connectivity index (χ4v) is 1.46. The minimum absolute atomic E-state index is 0.155. The van der Waals surface area contributed by atoms with Crippen molar-refractivity contribution in [3.05, 3.63) is 24.0 Å². The van der Waals surface area contributed by atoms with Gasteiger partial charge in [0.05, 0.1) is 5.71 Å². The Kier molecular flexibility index (Phi) is 2.84. The number of carboxylic acids is 1. The average Bonchev–Trinajstić information content (AvgIpc) is 2.75. The topological polar surface area (TPSA) is 111 Å². The minimum atomic E-state index is -1.22. The van der Waals surface area contributed by atoms with E-state index in [4.69, 9.17) is 5.11 Å². The zero-order valence-electron chi connectivity index (χ0n) is 8.62. The zero-order valence-corrected chi connectivity index (χ0v) is 8.62. The Morgan fingerprint density at radius 1 is 1.41 bits per heavy atom. The van der Waals surface area contributed by atoms with Crippen LogP contribution in [0.15, 0.2) is 34.0 Å². The first-order chi connectivity index (χ1) is 8.09. The monoisotopic (exact) mass is 235 g/mol. The molecule has 7 nitrogen and oxygen atoms in total. The molecule has 2 aliphatic heterocycles. The van der Waals surface area contributed by atoms with Gasteiger partial charge in [0.2, 0.25) is 0 Å². The van der Waals surface area contributed by atoms with Crippen LogP contribution in [0.3, 0.4) is 0 Å². The predicted molar refractivity (Wildman–Crippen MR) is 58.7 cm³/mol. The van der Waals surface area contributed by atoms with E-state index < -0.39 is 24.5 Å². The lowest BCUT2D eigenvalue weighted by molar-refractivity contribution is -0.137. The van der Waals surface area contributed by atoms with Crippen LogP contribution in [0.25, 0.3) is 0 Å². The number of aliphatic hydroxyl groups excluding tert-OH is 1. The number of nitrogens with one attached hydrogen (secondary N) is 1. The molecule has 0 saturated carbocycles. The molecule has 0 aliphatic carbocycles. The van der Waals surface area contributed by atoms with Gasteiger partial charge in [0.25, 0.3) is 5.91 Å². The summed E-state index contributed by atoms with van der Waals surface area (Å²) in [5, 5.41) is 20.4. The molecule has 1 amide bonds. The summed E-state index contributed by atoms with van der Waals surface area (Å²) in [6.45, 7) is -0.522. The third kappa shape index (κ3) is 2.13. The molecule has 3 N–H and O–H groups in total. The van der Waals surface area contributed by atoms with Crippen LogP contribution in [0.1, 0.15) is 0 Å². The van der Waals surface area contributed by atoms with E-state index in [1.165, 1.54) is 12.4 Å². The number of aliphatic hydroxyl groups is 1. The van der Waals surface area contributed by atoms with Crippen LogP contribution in [0.2, 0.25) is 0 Å². The maximum atomic E-state index is 11.5. The Bertz CT molecular complexity index is 502. The number of rotatable bonds is 3. The molecule has 0 aromatic heterocycles. The number of aliphatic carboxylic acids is 1. The van der Waals surface area contributed by atoms with Crippen molar-refractivity contribution in [2.45, 2.75) is 6.10 Å². The van der Waals surface area contributed by atoms with Crippen LogP contribution < -0.4 is 5.32 Å². The highest BCUT2D eigenvalue weighted by Crippen LogP contribution is 2.17. The van der Waals surface area contributed by atoms with E-state index in [-0.39, 0.29) is 5.71 Å². The maximum absolute atomic E-state index is 11.5. The molecule has 0 bridgehead atoms. The summed E-state index contributed by atoms with van der Waals surface area (Å²) in [5.41, 5.74) is 0.838. The molecule has 0 saturated heterocycles. The molecule has 17 heavy (non-hydrogen) atoms. The van der Waals surface area contributed by atoms with Gasteiger partial charge in [-0.1, -0.05) is 0 Å². The Morgan fingerprint density at radius 2 is 2.18 bits per heavy atom. The molecule has 2 rings (SSSR count). The van der Waals surface area contributed by atoms with Gasteiger partial charge in [-0.2, -0.15) is 0 Å². The van der Waals surface area contributed by atoms with Gasteiger partial charge in [0.1, 0.15) is 18.4 Å². The fourth-order valence-electron chi connectivity index (χ4n) is 1.46. The number of fused-ring (bicyclic) bond motifs is 1. The first-order valence-electron chi connectivity index (χ1n) is 4.80. The fraction of sp³-hybridized carbons (Fsp3) is 0.200. The highest BCUT2D eigenvalue weighted by Gasteiger charge is 2.30. The Labute approximate surface area is 95.9 Å². The molecule has 88 valence electrons. The van der Waals surface area contributed by atoms with Crippen molar-refractivity contribution in [1.29, 1.82) is 0 Å². The van der Waals surface area contributed by atoms with Crippen molar-refractivity contribution in [2.75, 3.05) is 6.54 Å². The molecule has 2 aliphatic rings. The Hall–Kier alpha value is -2.28. The molecule has 0 spiro atoms. The van der Waals surface area contributed by atoms with E-state index in [9.17, 15) is 14.7 Å². The average molecular weight is 235 g/mol. The molecule has 0 fully saturated rings. The smallest absolute Gasteiger partial charge is 0.322 e. The lowest BCUT2D eigenvalue weighted by atomic mass is 10.0. The van der Waals surface area contributed by atoms with Crippen LogP contribution in [-0.4, -0.2) is 46.2 Å². The standard InChI is InChI=1S/C10H9N3O4/c14-6(15)4-13-10(17)8-9(16)7-5(3-12-8)1-2-11-7/h1-3,9,16H,4H2,(H,13,17)(H,14,15). The molecule has 1 unspecified atom stereocenters. The molecule has 1 atom stereocenters. The van der Waals surface area contributed by atoms with E-state index in [1.54, 1.807) is 6.08 Å². The molecular formula is C10H9N3O4. The van der Waals surface area contributed by atoms with Gasteiger partial charge in [-0.15, -0.1) is 0 Å². The second kappa shape index (κ2) is 4.30. The van der Waals surface area contributed by atoms with Gasteiger partial charge in [-0.05, 0) is 6.08 Å². The third-order valence-electron chi connectivity index (χ3n) is 2.26. The molecule has 0 aromatic carbocycles. The summed E-state index contributed by atoms with van der Waals surface area (Å²) in [5.74, 6) is -1.88. The van der Waals surface area contributed by atoms with Gasteiger partial charge in [0.15, 0.2) is 0 Å². The normalized spacial score (nSPS) is 21.2. The van der Waals surface area contributed by atoms with Crippen molar-refractivity contribution in [1.82, 2.24) is 5.32 Å². The van der Waals surface area contributed by atoms with Crippen molar-refractivity contribution < 1.29 is 19.8 Å². The summed E-state index contributed by atoms with van der Waals surface area (Å²) in [6.07, 6.45) is 3.34. The number of hydrogen-bond donors (Lipinski definition) is 3. The van der Waals surface area contributed by atoms with Crippen molar-refractivity contribution in [3.8, 4) is 0 Å². The number of nitrogens with zero attached hydrogens (tertiary/aromatic N) is 2. The first-order valence-corrected chi connectivity index (χ1v) is 4.80. The Morgan fingerprint density at radius 3 is 2.88 bits per heavy atom. The predicted octanol–water partition coefficient (Wildman–Crippen LogP) is -1.15. The van der Waals surface area contributed by atoms with E-state index in [1.807, 2.05) is 0 Å². The van der Waals surface area contributed by atoms with Crippen molar-refractivity contribution in [3.63, 3.8) is 0 Å². The van der Waals surface area contributed by atoms with Crippen molar-refractivity contribution in [2.24, 2.45) is 9.98 Å². The Balaban J connectivity index is 2.12. The number of aliphatic imine (C=N–C) groups is 2. The van der Waals surface area contributed by atoms with Gasteiger partial charge in [0, 0.05) is 18.0 Å². The van der Waals surface area contributed by atoms with Crippen LogP contribution >= 0.6 is 0 Å². The van der Waals surface area contributed by atoms with E-state index in [0.29, 0.717) is 11.3 Å². The molecule has 7 heteroatoms. The molecular weight excluding hydrogens is 226 g/mol. The number of carbonyl (C=O) groups is 2. The lowest BCUT2D eigenvalue weighted by Crippen LogP contribution is -2.44.